The van der Waals surface area contributed by atoms with Gasteiger partial charge in [-0.1, -0.05) is 58.3 Å². The van der Waals surface area contributed by atoms with Crippen molar-refractivity contribution in [3.63, 3.8) is 0 Å². The van der Waals surface area contributed by atoms with E-state index in [2.05, 4.69) is 28.1 Å². The second-order valence-corrected chi connectivity index (χ2v) is 8.17. The van der Waals surface area contributed by atoms with E-state index in [0.29, 0.717) is 12.8 Å². The molecule has 5 nitrogen and oxygen atoms in total. The molecule has 0 atom stereocenters. The number of carboxylic acids is 2. The van der Waals surface area contributed by atoms with Crippen LogP contribution in [-0.4, -0.2) is 49.2 Å². The number of quaternary nitrogens is 1. The summed E-state index contributed by atoms with van der Waals surface area (Å²) in [5.74, 6) is -2.01. The number of aliphatic carboxylic acids is 2. The molecule has 0 aliphatic rings. The maximum atomic E-state index is 9.88. The van der Waals surface area contributed by atoms with Gasteiger partial charge in [-0.15, -0.1) is 0 Å². The highest BCUT2D eigenvalue weighted by molar-refractivity contribution is 5.67. The van der Waals surface area contributed by atoms with Crippen LogP contribution < -0.4 is 5.11 Å². The van der Waals surface area contributed by atoms with Crippen LogP contribution in [0.3, 0.4) is 0 Å². The SMILES string of the molecule is CCCCCCCCCCCC[N+](C)(C)C.O=C([O-])CCCCC(=O)O. The van der Waals surface area contributed by atoms with Gasteiger partial charge in [0.2, 0.25) is 0 Å². The highest BCUT2D eigenvalue weighted by Crippen LogP contribution is 2.11. The predicted molar refractivity (Wildman–Crippen MR) is 106 cm³/mol. The molecule has 0 aliphatic heterocycles. The molecule has 5 heteroatoms. The summed E-state index contributed by atoms with van der Waals surface area (Å²) in [6, 6.07) is 0. The zero-order chi connectivity index (χ0) is 20.3. The molecule has 156 valence electrons. The summed E-state index contributed by atoms with van der Waals surface area (Å²) in [6.07, 6.45) is 15.2. The smallest absolute Gasteiger partial charge is 0.303 e. The molecule has 0 rings (SSSR count). The molecule has 0 aliphatic carbocycles. The summed E-state index contributed by atoms with van der Waals surface area (Å²) in [4.78, 5) is 19.7. The molecular formula is C21H43NO4. The lowest BCUT2D eigenvalue weighted by atomic mass is 10.1. The third-order valence-electron chi connectivity index (χ3n) is 4.20. The zero-order valence-corrected chi connectivity index (χ0v) is 17.7. The Balaban J connectivity index is 0. The predicted octanol–water partition coefficient (Wildman–Crippen LogP) is 3.99. The van der Waals surface area contributed by atoms with E-state index in [1.54, 1.807) is 0 Å². The minimum atomic E-state index is -1.12. The fraction of sp³-hybridized carbons (Fsp3) is 0.905. The number of carboxylic acid groups (broad SMARTS) is 2. The number of carbonyl (C=O) groups is 2. The first kappa shape index (κ1) is 27.1. The van der Waals surface area contributed by atoms with E-state index >= 15 is 0 Å². The Morgan fingerprint density at radius 3 is 1.54 bits per heavy atom. The second kappa shape index (κ2) is 18.7. The van der Waals surface area contributed by atoms with Crippen LogP contribution in [0, 0.1) is 0 Å². The molecule has 0 spiro atoms. The van der Waals surface area contributed by atoms with Crippen molar-refractivity contribution >= 4 is 11.9 Å². The number of nitrogens with zero attached hydrogens (tertiary/aromatic N) is 1. The lowest BCUT2D eigenvalue weighted by Gasteiger charge is -2.23. The zero-order valence-electron chi connectivity index (χ0n) is 17.7. The maximum absolute atomic E-state index is 9.88. The largest absolute Gasteiger partial charge is 0.550 e. The van der Waals surface area contributed by atoms with Crippen molar-refractivity contribution in [2.45, 2.75) is 96.8 Å². The monoisotopic (exact) mass is 373 g/mol. The third kappa shape index (κ3) is 30.7. The van der Waals surface area contributed by atoms with Crippen LogP contribution >= 0.6 is 0 Å². The first-order chi connectivity index (χ1) is 12.2. The number of unbranched alkanes of at least 4 members (excludes halogenated alkanes) is 10. The molecular weight excluding hydrogens is 330 g/mol. The summed E-state index contributed by atoms with van der Waals surface area (Å²) in [5.41, 5.74) is 0. The minimum Gasteiger partial charge on any atom is -0.550 e. The first-order valence-corrected chi connectivity index (χ1v) is 10.4. The Morgan fingerprint density at radius 2 is 1.15 bits per heavy atom. The average molecular weight is 374 g/mol. The van der Waals surface area contributed by atoms with Crippen LogP contribution in [0.2, 0.25) is 0 Å². The normalized spacial score (nSPS) is 10.9. The summed E-state index contributed by atoms with van der Waals surface area (Å²) >= 11 is 0. The highest BCUT2D eigenvalue weighted by Gasteiger charge is 2.04. The molecule has 0 radical (unpaired) electrons. The Hall–Kier alpha value is -1.10. The van der Waals surface area contributed by atoms with E-state index in [0.717, 1.165) is 4.48 Å². The van der Waals surface area contributed by atoms with Crippen LogP contribution in [0.5, 0.6) is 0 Å². The van der Waals surface area contributed by atoms with Gasteiger partial charge in [0.05, 0.1) is 27.7 Å². The second-order valence-electron chi connectivity index (χ2n) is 8.17. The Morgan fingerprint density at radius 1 is 0.731 bits per heavy atom. The summed E-state index contributed by atoms with van der Waals surface area (Å²) in [5, 5.41) is 17.9. The van der Waals surface area contributed by atoms with Crippen LogP contribution in [0.25, 0.3) is 0 Å². The maximum Gasteiger partial charge on any atom is 0.303 e. The van der Waals surface area contributed by atoms with Crippen molar-refractivity contribution in [1.82, 2.24) is 0 Å². The third-order valence-corrected chi connectivity index (χ3v) is 4.20. The number of rotatable bonds is 16. The Kier molecular flexibility index (Phi) is 19.5. The van der Waals surface area contributed by atoms with Gasteiger partial charge in [-0.3, -0.25) is 4.79 Å². The molecule has 0 saturated carbocycles. The molecule has 0 aromatic rings. The molecule has 0 aromatic heterocycles. The van der Waals surface area contributed by atoms with Gasteiger partial charge in [0.15, 0.2) is 0 Å². The van der Waals surface area contributed by atoms with Gasteiger partial charge in [0, 0.05) is 12.4 Å². The lowest BCUT2D eigenvalue weighted by Crippen LogP contribution is -2.35. The quantitative estimate of drug-likeness (QED) is 0.328. The molecule has 0 heterocycles. The molecule has 0 saturated heterocycles. The fourth-order valence-electron chi connectivity index (χ4n) is 2.62. The fourth-order valence-corrected chi connectivity index (χ4v) is 2.62. The molecule has 0 amide bonds. The molecule has 0 fully saturated rings. The van der Waals surface area contributed by atoms with Crippen molar-refractivity contribution < 1.29 is 24.3 Å². The van der Waals surface area contributed by atoms with Crippen molar-refractivity contribution in [2.75, 3.05) is 27.7 Å². The number of hydrogen-bond acceptors (Lipinski definition) is 3. The Labute approximate surface area is 161 Å². The van der Waals surface area contributed by atoms with Crippen molar-refractivity contribution in [2.24, 2.45) is 0 Å². The van der Waals surface area contributed by atoms with E-state index in [4.69, 9.17) is 5.11 Å². The van der Waals surface area contributed by atoms with Gasteiger partial charge in [-0.05, 0) is 32.1 Å². The van der Waals surface area contributed by atoms with Crippen LogP contribution in [0.4, 0.5) is 0 Å². The lowest BCUT2D eigenvalue weighted by molar-refractivity contribution is -0.870. The molecule has 0 aromatic carbocycles. The van der Waals surface area contributed by atoms with Crippen LogP contribution in [0.15, 0.2) is 0 Å². The van der Waals surface area contributed by atoms with E-state index in [1.165, 1.54) is 70.8 Å². The molecule has 26 heavy (non-hydrogen) atoms. The first-order valence-electron chi connectivity index (χ1n) is 10.4. The van der Waals surface area contributed by atoms with Crippen molar-refractivity contribution in [3.05, 3.63) is 0 Å². The van der Waals surface area contributed by atoms with Gasteiger partial charge in [0.1, 0.15) is 0 Å². The van der Waals surface area contributed by atoms with E-state index < -0.39 is 11.9 Å². The summed E-state index contributed by atoms with van der Waals surface area (Å²) < 4.78 is 1.12. The van der Waals surface area contributed by atoms with Gasteiger partial charge in [-0.2, -0.15) is 0 Å². The van der Waals surface area contributed by atoms with Gasteiger partial charge >= 0.3 is 5.97 Å². The van der Waals surface area contributed by atoms with Gasteiger partial charge < -0.3 is 19.5 Å². The van der Waals surface area contributed by atoms with Crippen molar-refractivity contribution in [1.29, 1.82) is 0 Å². The van der Waals surface area contributed by atoms with Crippen LogP contribution in [-0.2, 0) is 9.59 Å². The van der Waals surface area contributed by atoms with Gasteiger partial charge in [0.25, 0.3) is 0 Å². The average Bonchev–Trinajstić information content (AvgIpc) is 2.53. The number of hydrogen-bond donors (Lipinski definition) is 1. The summed E-state index contributed by atoms with van der Waals surface area (Å²) in [6.45, 7) is 3.62. The van der Waals surface area contributed by atoms with Gasteiger partial charge in [-0.25, -0.2) is 0 Å². The minimum absolute atomic E-state index is 0.0350. The highest BCUT2D eigenvalue weighted by atomic mass is 16.4. The Bertz CT molecular complexity index is 321. The summed E-state index contributed by atoms with van der Waals surface area (Å²) in [7, 11) is 6.86. The van der Waals surface area contributed by atoms with Crippen LogP contribution in [0.1, 0.15) is 96.8 Å². The number of carbonyl (C=O) groups excluding carboxylic acids is 1. The standard InChI is InChI=1S/C15H34N.C6H10O4/c1-5-6-7-8-9-10-11-12-13-14-15-16(2,3)4;7-5(8)3-1-2-4-6(9)10/h5-15H2,1-4H3;1-4H2,(H,7,8)(H,9,10)/q+1;/p-1. The topological polar surface area (TPSA) is 77.4 Å². The van der Waals surface area contributed by atoms with E-state index in [-0.39, 0.29) is 12.8 Å². The van der Waals surface area contributed by atoms with E-state index in [1.807, 2.05) is 0 Å². The molecule has 0 bridgehead atoms. The molecule has 0 unspecified atom stereocenters. The molecule has 1 N–H and O–H groups in total. The van der Waals surface area contributed by atoms with E-state index in [9.17, 15) is 14.7 Å². The van der Waals surface area contributed by atoms with Crippen molar-refractivity contribution in [3.8, 4) is 0 Å².